The van der Waals surface area contributed by atoms with E-state index < -0.39 is 0 Å². The van der Waals surface area contributed by atoms with Crippen LogP contribution in [0.15, 0.2) is 30.3 Å². The fraction of sp³-hybridized carbons (Fsp3) is 0.353. The Kier molecular flexibility index (Phi) is 5.53. The lowest BCUT2D eigenvalue weighted by molar-refractivity contribution is 0.103. The Morgan fingerprint density at radius 3 is 2.81 bits per heavy atom. The summed E-state index contributed by atoms with van der Waals surface area (Å²) < 4.78 is 0. The van der Waals surface area contributed by atoms with Gasteiger partial charge < -0.3 is 10.4 Å². The maximum Gasteiger partial charge on any atom is 0.265 e. The highest BCUT2D eigenvalue weighted by Crippen LogP contribution is 2.23. The second-order valence-electron chi connectivity index (χ2n) is 5.05. The number of benzene rings is 1. The number of aryl methyl sites for hydroxylation is 3. The van der Waals surface area contributed by atoms with Gasteiger partial charge in [-0.25, -0.2) is 0 Å². The first kappa shape index (κ1) is 15.7. The lowest BCUT2D eigenvalue weighted by Gasteiger charge is -2.06. The van der Waals surface area contributed by atoms with Crippen LogP contribution in [0.25, 0.3) is 0 Å². The predicted molar refractivity (Wildman–Crippen MR) is 88.2 cm³/mol. The molecule has 0 spiro atoms. The summed E-state index contributed by atoms with van der Waals surface area (Å²) >= 11 is 1.56. The smallest absolute Gasteiger partial charge is 0.265 e. The van der Waals surface area contributed by atoms with Crippen LogP contribution in [0, 0.1) is 6.92 Å². The lowest BCUT2D eigenvalue weighted by Crippen LogP contribution is -2.10. The van der Waals surface area contributed by atoms with E-state index in [0.29, 0.717) is 0 Å². The maximum atomic E-state index is 12.3. The summed E-state index contributed by atoms with van der Waals surface area (Å²) in [5.41, 5.74) is 3.11. The van der Waals surface area contributed by atoms with Crippen LogP contribution in [0.2, 0.25) is 0 Å². The average molecular weight is 303 g/mol. The SMILES string of the molecule is CCc1sc(C(=O)Nc2cccc(CCCO)c2)cc1C. The Hall–Kier alpha value is -1.65. The molecule has 3 nitrogen and oxygen atoms in total. The van der Waals surface area contributed by atoms with Crippen molar-refractivity contribution < 1.29 is 9.90 Å². The number of hydrogen-bond acceptors (Lipinski definition) is 3. The maximum absolute atomic E-state index is 12.3. The number of rotatable bonds is 6. The number of hydrogen-bond donors (Lipinski definition) is 2. The molecule has 0 radical (unpaired) electrons. The molecule has 0 bridgehead atoms. The Balaban J connectivity index is 2.08. The van der Waals surface area contributed by atoms with Gasteiger partial charge in [0.05, 0.1) is 4.88 Å². The van der Waals surface area contributed by atoms with Crippen molar-refractivity contribution in [2.75, 3.05) is 11.9 Å². The molecule has 0 saturated carbocycles. The quantitative estimate of drug-likeness (QED) is 0.853. The van der Waals surface area contributed by atoms with E-state index in [9.17, 15) is 4.79 Å². The van der Waals surface area contributed by atoms with Crippen LogP contribution in [-0.2, 0) is 12.8 Å². The summed E-state index contributed by atoms with van der Waals surface area (Å²) in [6.45, 7) is 4.33. The molecule has 1 aromatic carbocycles. The molecular weight excluding hydrogens is 282 g/mol. The van der Waals surface area contributed by atoms with Crippen LogP contribution >= 0.6 is 11.3 Å². The topological polar surface area (TPSA) is 49.3 Å². The Labute approximate surface area is 129 Å². The van der Waals surface area contributed by atoms with E-state index in [1.165, 1.54) is 10.4 Å². The van der Waals surface area contributed by atoms with Gasteiger partial charge in [-0.05, 0) is 55.5 Å². The van der Waals surface area contributed by atoms with Gasteiger partial charge in [0.1, 0.15) is 0 Å². The summed E-state index contributed by atoms with van der Waals surface area (Å²) in [6, 6.07) is 9.75. The van der Waals surface area contributed by atoms with Gasteiger partial charge in [-0.3, -0.25) is 4.79 Å². The minimum atomic E-state index is -0.0536. The zero-order chi connectivity index (χ0) is 15.2. The second-order valence-corrected chi connectivity index (χ2v) is 6.19. The van der Waals surface area contributed by atoms with Gasteiger partial charge >= 0.3 is 0 Å². The highest BCUT2D eigenvalue weighted by atomic mass is 32.1. The molecule has 1 aromatic heterocycles. The number of amides is 1. The zero-order valence-corrected chi connectivity index (χ0v) is 13.3. The second kappa shape index (κ2) is 7.38. The zero-order valence-electron chi connectivity index (χ0n) is 12.5. The monoisotopic (exact) mass is 303 g/mol. The Bertz CT molecular complexity index is 619. The van der Waals surface area contributed by atoms with Gasteiger partial charge in [0.2, 0.25) is 0 Å². The van der Waals surface area contributed by atoms with E-state index in [4.69, 9.17) is 5.11 Å². The molecule has 0 atom stereocenters. The molecule has 21 heavy (non-hydrogen) atoms. The number of thiophene rings is 1. The first-order chi connectivity index (χ1) is 10.1. The van der Waals surface area contributed by atoms with Crippen LogP contribution in [0.1, 0.15) is 39.0 Å². The van der Waals surface area contributed by atoms with Gasteiger partial charge in [-0.15, -0.1) is 11.3 Å². The van der Waals surface area contributed by atoms with Crippen molar-refractivity contribution in [3.8, 4) is 0 Å². The highest BCUT2D eigenvalue weighted by Gasteiger charge is 2.12. The first-order valence-electron chi connectivity index (χ1n) is 7.24. The molecule has 0 unspecified atom stereocenters. The fourth-order valence-electron chi connectivity index (χ4n) is 2.26. The Morgan fingerprint density at radius 1 is 1.33 bits per heavy atom. The van der Waals surface area contributed by atoms with Crippen molar-refractivity contribution >= 4 is 22.9 Å². The number of anilines is 1. The van der Waals surface area contributed by atoms with Crippen LogP contribution in [-0.4, -0.2) is 17.6 Å². The molecule has 0 aliphatic heterocycles. The van der Waals surface area contributed by atoms with Crippen molar-refractivity contribution in [1.82, 2.24) is 0 Å². The minimum Gasteiger partial charge on any atom is -0.396 e. The molecule has 0 fully saturated rings. The molecule has 0 saturated heterocycles. The van der Waals surface area contributed by atoms with Gasteiger partial charge in [0, 0.05) is 17.2 Å². The van der Waals surface area contributed by atoms with Gasteiger partial charge in [0.25, 0.3) is 5.91 Å². The molecule has 112 valence electrons. The van der Waals surface area contributed by atoms with Crippen LogP contribution in [0.4, 0.5) is 5.69 Å². The molecule has 1 amide bonds. The molecule has 0 aliphatic carbocycles. The summed E-state index contributed by atoms with van der Waals surface area (Å²) in [4.78, 5) is 14.3. The summed E-state index contributed by atoms with van der Waals surface area (Å²) in [5.74, 6) is -0.0536. The van der Waals surface area contributed by atoms with E-state index in [1.807, 2.05) is 37.3 Å². The summed E-state index contributed by atoms with van der Waals surface area (Å²) in [5, 5.41) is 11.8. The molecule has 4 heteroatoms. The largest absolute Gasteiger partial charge is 0.396 e. The molecule has 2 N–H and O–H groups in total. The number of carbonyl (C=O) groups is 1. The van der Waals surface area contributed by atoms with E-state index in [1.54, 1.807) is 11.3 Å². The molecule has 2 rings (SSSR count). The highest BCUT2D eigenvalue weighted by molar-refractivity contribution is 7.14. The van der Waals surface area contributed by atoms with E-state index >= 15 is 0 Å². The lowest BCUT2D eigenvalue weighted by atomic mass is 10.1. The van der Waals surface area contributed by atoms with Crippen molar-refractivity contribution in [2.45, 2.75) is 33.1 Å². The van der Waals surface area contributed by atoms with Crippen molar-refractivity contribution in [3.63, 3.8) is 0 Å². The molecule has 2 aromatic rings. The molecule has 0 aliphatic rings. The third-order valence-corrected chi connectivity index (χ3v) is 4.75. The third-order valence-electron chi connectivity index (χ3n) is 3.37. The number of nitrogens with one attached hydrogen (secondary N) is 1. The molecular formula is C17H21NO2S. The van der Waals surface area contributed by atoms with Gasteiger partial charge in [0.15, 0.2) is 0 Å². The summed E-state index contributed by atoms with van der Waals surface area (Å²) in [6.07, 6.45) is 2.51. The molecule has 1 heterocycles. The first-order valence-corrected chi connectivity index (χ1v) is 8.06. The van der Waals surface area contributed by atoms with Crippen LogP contribution in [0.3, 0.4) is 0 Å². The van der Waals surface area contributed by atoms with E-state index in [2.05, 4.69) is 12.2 Å². The van der Waals surface area contributed by atoms with Crippen molar-refractivity contribution in [2.24, 2.45) is 0 Å². The summed E-state index contributed by atoms with van der Waals surface area (Å²) in [7, 11) is 0. The Morgan fingerprint density at radius 2 is 2.14 bits per heavy atom. The van der Waals surface area contributed by atoms with Crippen LogP contribution in [0.5, 0.6) is 0 Å². The number of aliphatic hydroxyl groups is 1. The van der Waals surface area contributed by atoms with Gasteiger partial charge in [-0.1, -0.05) is 19.1 Å². The van der Waals surface area contributed by atoms with E-state index in [-0.39, 0.29) is 12.5 Å². The number of aliphatic hydroxyl groups excluding tert-OH is 1. The van der Waals surface area contributed by atoms with Crippen molar-refractivity contribution in [1.29, 1.82) is 0 Å². The third kappa shape index (κ3) is 4.16. The van der Waals surface area contributed by atoms with Crippen molar-refractivity contribution in [3.05, 3.63) is 51.2 Å². The fourth-order valence-corrected chi connectivity index (χ4v) is 3.27. The van der Waals surface area contributed by atoms with Gasteiger partial charge in [-0.2, -0.15) is 0 Å². The van der Waals surface area contributed by atoms with Crippen LogP contribution < -0.4 is 5.32 Å². The minimum absolute atomic E-state index is 0.0536. The van der Waals surface area contributed by atoms with E-state index in [0.717, 1.165) is 35.4 Å². The normalized spacial score (nSPS) is 10.6. The number of carbonyl (C=O) groups excluding carboxylic acids is 1. The predicted octanol–water partition coefficient (Wildman–Crippen LogP) is 3.80. The average Bonchev–Trinajstić information content (AvgIpc) is 2.87. The standard InChI is InChI=1S/C17H21NO2S/c1-3-15-12(2)10-16(21-15)17(20)18-14-8-4-6-13(11-14)7-5-9-19/h4,6,8,10-11,19H,3,5,7,9H2,1-2H3,(H,18,20).